The highest BCUT2D eigenvalue weighted by Crippen LogP contribution is 2.35. The van der Waals surface area contributed by atoms with E-state index in [1.54, 1.807) is 18.2 Å². The number of piperidine rings is 1. The van der Waals surface area contributed by atoms with Crippen LogP contribution in [0, 0.1) is 0 Å². The van der Waals surface area contributed by atoms with Crippen molar-refractivity contribution in [3.05, 3.63) is 116 Å². The first-order valence-corrected chi connectivity index (χ1v) is 18.0. The third kappa shape index (κ3) is 7.44. The molecule has 4 aromatic rings. The van der Waals surface area contributed by atoms with E-state index >= 15 is 0 Å². The fourth-order valence-electron chi connectivity index (χ4n) is 7.87. The van der Waals surface area contributed by atoms with Crippen LogP contribution in [0.25, 0.3) is 11.0 Å². The number of carbonyl (C=O) groups is 3. The van der Waals surface area contributed by atoms with Crippen LogP contribution in [0.2, 0.25) is 5.02 Å². The van der Waals surface area contributed by atoms with Crippen LogP contribution in [0.15, 0.2) is 82.0 Å². The molecule has 0 spiro atoms. The van der Waals surface area contributed by atoms with Gasteiger partial charge in [-0.15, -0.1) is 0 Å². The second kappa shape index (κ2) is 14.6. The zero-order chi connectivity index (χ0) is 33.9. The van der Waals surface area contributed by atoms with Crippen LogP contribution >= 0.6 is 11.6 Å². The first kappa shape index (κ1) is 33.1. The van der Waals surface area contributed by atoms with E-state index in [2.05, 4.69) is 17.4 Å². The Balaban J connectivity index is 1.07. The number of likely N-dealkylation sites (tertiary alicyclic amines) is 2. The lowest BCUT2D eigenvalue weighted by Gasteiger charge is -2.35. The van der Waals surface area contributed by atoms with E-state index in [0.717, 1.165) is 49.8 Å². The summed E-state index contributed by atoms with van der Waals surface area (Å²) in [5.74, 6) is 0.0240. The molecule has 3 amide bonds. The summed E-state index contributed by atoms with van der Waals surface area (Å²) in [7, 11) is 0. The van der Waals surface area contributed by atoms with Crippen molar-refractivity contribution in [3.63, 3.8) is 0 Å². The Hall–Kier alpha value is -4.43. The molecule has 7 rings (SSSR count). The second-order valence-electron chi connectivity index (χ2n) is 13.8. The van der Waals surface area contributed by atoms with E-state index < -0.39 is 11.9 Å². The van der Waals surface area contributed by atoms with Gasteiger partial charge >= 0.3 is 0 Å². The normalized spacial score (nSPS) is 17.9. The third-order valence-electron chi connectivity index (χ3n) is 10.6. The average Bonchev–Trinajstić information content (AvgIpc) is 3.81. The Morgan fingerprint density at radius 3 is 2.35 bits per heavy atom. The monoisotopic (exact) mass is 679 g/mol. The van der Waals surface area contributed by atoms with Gasteiger partial charge in [-0.1, -0.05) is 66.9 Å². The van der Waals surface area contributed by atoms with Gasteiger partial charge in [-0.2, -0.15) is 0 Å². The van der Waals surface area contributed by atoms with E-state index in [1.807, 2.05) is 46.2 Å². The Kier molecular flexibility index (Phi) is 9.85. The predicted octanol–water partition coefficient (Wildman–Crippen LogP) is 6.97. The van der Waals surface area contributed by atoms with Crippen molar-refractivity contribution in [2.24, 2.45) is 0 Å². The molecule has 9 heteroatoms. The first-order chi connectivity index (χ1) is 23.8. The molecule has 2 aliphatic heterocycles. The Bertz CT molecular complexity index is 1910. The molecular formula is C40H42ClN3O5. The molecule has 3 aliphatic rings. The maximum atomic E-state index is 14.1. The van der Waals surface area contributed by atoms with Gasteiger partial charge in [0.25, 0.3) is 5.91 Å². The number of halogens is 1. The average molecular weight is 680 g/mol. The zero-order valence-electron chi connectivity index (χ0n) is 27.7. The van der Waals surface area contributed by atoms with E-state index in [1.165, 1.54) is 30.0 Å². The molecule has 49 heavy (non-hydrogen) atoms. The van der Waals surface area contributed by atoms with Crippen LogP contribution in [0.3, 0.4) is 0 Å². The third-order valence-corrected chi connectivity index (χ3v) is 10.8. The minimum absolute atomic E-state index is 0.119. The number of fused-ring (bicyclic) bond motifs is 1. The van der Waals surface area contributed by atoms with E-state index in [-0.39, 0.29) is 35.3 Å². The number of benzene rings is 3. The number of nitrogens with zero attached hydrogens (tertiary/aromatic N) is 2. The topological polar surface area (TPSA) is 99.9 Å². The molecule has 0 unspecified atom stereocenters. The van der Waals surface area contributed by atoms with Gasteiger partial charge in [0.1, 0.15) is 11.6 Å². The summed E-state index contributed by atoms with van der Waals surface area (Å²) >= 11 is 6.13. The first-order valence-electron chi connectivity index (χ1n) is 17.6. The summed E-state index contributed by atoms with van der Waals surface area (Å²) in [5.41, 5.74) is 4.48. The van der Waals surface area contributed by atoms with E-state index in [9.17, 15) is 19.2 Å². The van der Waals surface area contributed by atoms with Gasteiger partial charge in [-0.25, -0.2) is 0 Å². The van der Waals surface area contributed by atoms with Crippen LogP contribution in [-0.4, -0.2) is 53.2 Å². The maximum Gasteiger partial charge on any atom is 0.287 e. The molecule has 1 aliphatic carbocycles. The van der Waals surface area contributed by atoms with Crippen molar-refractivity contribution in [2.45, 2.75) is 82.2 Å². The van der Waals surface area contributed by atoms with Gasteiger partial charge in [-0.3, -0.25) is 19.2 Å². The van der Waals surface area contributed by atoms with Crippen molar-refractivity contribution < 1.29 is 18.8 Å². The molecule has 1 aromatic heterocycles. The molecule has 0 radical (unpaired) electrons. The van der Waals surface area contributed by atoms with Gasteiger partial charge < -0.3 is 19.5 Å². The Morgan fingerprint density at radius 2 is 1.61 bits per heavy atom. The van der Waals surface area contributed by atoms with E-state index in [4.69, 9.17) is 16.0 Å². The summed E-state index contributed by atoms with van der Waals surface area (Å²) in [4.78, 5) is 57.0. The lowest BCUT2D eigenvalue weighted by atomic mass is 9.86. The smallest absolute Gasteiger partial charge is 0.287 e. The summed E-state index contributed by atoms with van der Waals surface area (Å²) in [5, 5.41) is 3.95. The van der Waals surface area contributed by atoms with Gasteiger partial charge in [0.05, 0.1) is 5.39 Å². The fourth-order valence-corrected chi connectivity index (χ4v) is 8.00. The lowest BCUT2D eigenvalue weighted by molar-refractivity contribution is -0.134. The Labute approximate surface area is 291 Å². The largest absolute Gasteiger partial charge is 0.451 e. The standard InChI is InChI=1S/C40H42ClN3O5/c41-31-14-11-26(12-15-31)22-34(42-39(47)37-24-35(45)33-23-29(13-16-36(33)49-37)27-6-1-2-7-27)40(48)43-20-17-28(18-21-43)32-9-4-3-8-30(32)25-44-19-5-10-38(44)46/h3-4,8-9,11-16,23-24,27-28,34H,1-2,5-7,10,17-22,25H2,(H,42,47)/t34-/m1/s1. The summed E-state index contributed by atoms with van der Waals surface area (Å²) < 4.78 is 5.96. The summed E-state index contributed by atoms with van der Waals surface area (Å²) in [6.07, 6.45) is 7.96. The second-order valence-corrected chi connectivity index (χ2v) is 14.2. The predicted molar refractivity (Wildman–Crippen MR) is 190 cm³/mol. The van der Waals surface area contributed by atoms with Crippen molar-refractivity contribution in [1.29, 1.82) is 0 Å². The van der Waals surface area contributed by atoms with Gasteiger partial charge in [0.15, 0.2) is 11.2 Å². The number of hydrogen-bond donors (Lipinski definition) is 1. The summed E-state index contributed by atoms with van der Waals surface area (Å²) in [6, 6.07) is 21.6. The zero-order valence-corrected chi connectivity index (χ0v) is 28.4. The highest BCUT2D eigenvalue weighted by atomic mass is 35.5. The van der Waals surface area contributed by atoms with Crippen LogP contribution in [0.1, 0.15) is 96.0 Å². The molecular weight excluding hydrogens is 638 g/mol. The highest BCUT2D eigenvalue weighted by molar-refractivity contribution is 6.30. The van der Waals surface area contributed by atoms with Crippen LogP contribution in [-0.2, 0) is 22.6 Å². The molecule has 3 fully saturated rings. The van der Waals surface area contributed by atoms with Crippen LogP contribution < -0.4 is 10.7 Å². The Morgan fingerprint density at radius 1 is 0.857 bits per heavy atom. The number of rotatable bonds is 9. The van der Waals surface area contributed by atoms with Crippen LogP contribution in [0.5, 0.6) is 0 Å². The number of hydrogen-bond acceptors (Lipinski definition) is 5. The van der Waals surface area contributed by atoms with Crippen molar-refractivity contribution in [2.75, 3.05) is 19.6 Å². The molecule has 2 saturated heterocycles. The van der Waals surface area contributed by atoms with Crippen molar-refractivity contribution in [1.82, 2.24) is 15.1 Å². The molecule has 254 valence electrons. The van der Waals surface area contributed by atoms with Gasteiger partial charge in [0.2, 0.25) is 11.8 Å². The number of nitrogens with one attached hydrogen (secondary N) is 1. The highest BCUT2D eigenvalue weighted by Gasteiger charge is 2.32. The SMILES string of the molecule is O=C(N[C@H](Cc1ccc(Cl)cc1)C(=O)N1CCC(c2ccccc2CN2CCCC2=O)CC1)c1cc(=O)c2cc(C3CCCC3)ccc2o1. The number of amides is 3. The van der Waals surface area contributed by atoms with Crippen molar-refractivity contribution >= 4 is 40.3 Å². The molecule has 0 bridgehead atoms. The lowest BCUT2D eigenvalue weighted by Crippen LogP contribution is -2.51. The minimum atomic E-state index is -0.871. The molecule has 1 saturated carbocycles. The molecule has 8 nitrogen and oxygen atoms in total. The molecule has 3 aromatic carbocycles. The summed E-state index contributed by atoms with van der Waals surface area (Å²) in [6.45, 7) is 2.50. The van der Waals surface area contributed by atoms with E-state index in [0.29, 0.717) is 48.0 Å². The number of carbonyl (C=O) groups excluding carboxylic acids is 3. The molecule has 1 N–H and O–H groups in total. The maximum absolute atomic E-state index is 14.1. The molecule has 1 atom stereocenters. The minimum Gasteiger partial charge on any atom is -0.451 e. The quantitative estimate of drug-likeness (QED) is 0.206. The fraction of sp³-hybridized carbons (Fsp3) is 0.400. The molecule has 3 heterocycles. The van der Waals surface area contributed by atoms with Crippen molar-refractivity contribution in [3.8, 4) is 0 Å². The van der Waals surface area contributed by atoms with Gasteiger partial charge in [0, 0.05) is 50.1 Å². The van der Waals surface area contributed by atoms with Crippen LogP contribution in [0.4, 0.5) is 0 Å². The van der Waals surface area contributed by atoms with Gasteiger partial charge in [-0.05, 0) is 90.5 Å².